The Labute approximate surface area is 150 Å². The summed E-state index contributed by atoms with van der Waals surface area (Å²) in [5.41, 5.74) is 1.17. The second kappa shape index (κ2) is 6.87. The number of carbonyl (C=O) groups excluding carboxylic acids is 2. The van der Waals surface area contributed by atoms with E-state index in [1.165, 1.54) is 4.90 Å². The van der Waals surface area contributed by atoms with Crippen LogP contribution in [0.1, 0.15) is 25.0 Å². The van der Waals surface area contributed by atoms with E-state index in [2.05, 4.69) is 20.3 Å². The summed E-state index contributed by atoms with van der Waals surface area (Å²) in [7, 11) is 0. The fraction of sp³-hybridized carbons (Fsp3) is 0.294. The number of hydrazone groups is 1. The molecule has 1 saturated heterocycles. The zero-order chi connectivity index (χ0) is 17.9. The van der Waals surface area contributed by atoms with E-state index in [4.69, 9.17) is 0 Å². The Morgan fingerprint density at radius 1 is 1.08 bits per heavy atom. The molecule has 0 atom stereocenters. The molecule has 0 N–H and O–H groups in total. The molecule has 3 aliphatic rings. The second-order valence-corrected chi connectivity index (χ2v) is 5.95. The summed E-state index contributed by atoms with van der Waals surface area (Å²) in [6.07, 6.45) is 8.45. The van der Waals surface area contributed by atoms with Gasteiger partial charge in [-0.1, -0.05) is 12.1 Å². The third kappa shape index (κ3) is 3.10. The molecule has 0 spiro atoms. The van der Waals surface area contributed by atoms with Crippen molar-refractivity contribution in [2.75, 3.05) is 13.2 Å². The molecule has 1 fully saturated rings. The number of hydrogen-bond donors (Lipinski definition) is 0. The van der Waals surface area contributed by atoms with Crippen molar-refractivity contribution in [3.8, 4) is 0 Å². The van der Waals surface area contributed by atoms with Crippen LogP contribution in [0.3, 0.4) is 0 Å². The van der Waals surface area contributed by atoms with Gasteiger partial charge in [-0.25, -0.2) is 4.90 Å². The predicted molar refractivity (Wildman–Crippen MR) is 92.0 cm³/mol. The molecule has 2 amide bonds. The Kier molecular flexibility index (Phi) is 4.26. The average Bonchev–Trinajstić information content (AvgIpc) is 2.69. The number of nitrogens with zero attached hydrogens (tertiary/aromatic N) is 7. The first-order valence-electron chi connectivity index (χ1n) is 8.38. The summed E-state index contributed by atoms with van der Waals surface area (Å²) < 4.78 is 0. The highest BCUT2D eigenvalue weighted by Gasteiger charge is 2.30. The Bertz CT molecular complexity index is 828. The van der Waals surface area contributed by atoms with Crippen molar-refractivity contribution in [1.82, 2.24) is 20.0 Å². The van der Waals surface area contributed by atoms with Crippen LogP contribution in [0.4, 0.5) is 0 Å². The van der Waals surface area contributed by atoms with Crippen molar-refractivity contribution in [1.29, 1.82) is 0 Å². The van der Waals surface area contributed by atoms with E-state index in [1.807, 2.05) is 24.3 Å². The van der Waals surface area contributed by atoms with Gasteiger partial charge in [0.1, 0.15) is 5.69 Å². The van der Waals surface area contributed by atoms with Gasteiger partial charge in [0.2, 0.25) is 17.6 Å². The fourth-order valence-corrected chi connectivity index (χ4v) is 2.92. The van der Waals surface area contributed by atoms with Crippen LogP contribution in [0.15, 0.2) is 63.8 Å². The van der Waals surface area contributed by atoms with Crippen molar-refractivity contribution in [2.45, 2.75) is 19.3 Å². The van der Waals surface area contributed by atoms with Crippen LogP contribution in [0.2, 0.25) is 0 Å². The smallest absolute Gasteiger partial charge is 0.233 e. The fourth-order valence-electron chi connectivity index (χ4n) is 2.92. The number of amides is 2. The monoisotopic (exact) mass is 351 g/mol. The van der Waals surface area contributed by atoms with Crippen LogP contribution in [0.5, 0.6) is 0 Å². The number of hydrazine groups is 1. The lowest BCUT2D eigenvalue weighted by molar-refractivity contribution is -0.145. The molecule has 0 unspecified atom stereocenters. The summed E-state index contributed by atoms with van der Waals surface area (Å²) in [5.74, 6) is 0.0662. The molecule has 1 aromatic heterocycles. The van der Waals surface area contributed by atoms with Crippen molar-refractivity contribution < 1.29 is 9.59 Å². The van der Waals surface area contributed by atoms with Gasteiger partial charge < -0.3 is 0 Å². The maximum absolute atomic E-state index is 12.2. The van der Waals surface area contributed by atoms with Gasteiger partial charge in [0.05, 0.1) is 12.2 Å². The minimum Gasteiger partial charge on any atom is -0.274 e. The van der Waals surface area contributed by atoms with E-state index in [0.717, 1.165) is 0 Å². The predicted octanol–water partition coefficient (Wildman–Crippen LogP) is 1.64. The molecule has 0 radical (unpaired) electrons. The molecule has 3 aliphatic heterocycles. The highest BCUT2D eigenvalue weighted by Crippen LogP contribution is 2.22. The number of amidine groups is 1. The standard InChI is InChI=1S/C17H17N7O2/c25-15-7-3-8-16(26)24(15)13-5-4-10-22(11-13)23-12-19-20-17(21-23)14-6-1-2-9-18-14/h1-2,4-6,9,11H,3,7-8,10,12H2. The zero-order valence-corrected chi connectivity index (χ0v) is 14.0. The maximum Gasteiger partial charge on any atom is 0.233 e. The molecule has 132 valence electrons. The molecule has 9 heteroatoms. The number of carbonyl (C=O) groups is 2. The summed E-state index contributed by atoms with van der Waals surface area (Å²) in [5, 5.41) is 16.1. The first kappa shape index (κ1) is 16.1. The zero-order valence-electron chi connectivity index (χ0n) is 14.0. The summed E-state index contributed by atoms with van der Waals surface area (Å²) >= 11 is 0. The van der Waals surface area contributed by atoms with Gasteiger partial charge in [-0.05, 0) is 24.6 Å². The van der Waals surface area contributed by atoms with E-state index in [0.29, 0.717) is 43.0 Å². The third-order valence-corrected chi connectivity index (χ3v) is 4.16. The minimum absolute atomic E-state index is 0.171. The molecular weight excluding hydrogens is 334 g/mol. The van der Waals surface area contributed by atoms with Gasteiger partial charge in [-0.2, -0.15) is 10.2 Å². The van der Waals surface area contributed by atoms with Crippen molar-refractivity contribution in [3.63, 3.8) is 0 Å². The Morgan fingerprint density at radius 2 is 1.92 bits per heavy atom. The Balaban J connectivity index is 1.58. The van der Waals surface area contributed by atoms with Crippen LogP contribution in [-0.4, -0.2) is 50.9 Å². The number of aromatic nitrogens is 1. The number of piperidine rings is 1. The molecule has 4 heterocycles. The van der Waals surface area contributed by atoms with Crippen molar-refractivity contribution >= 4 is 17.6 Å². The normalized spacial score (nSPS) is 20.4. The first-order valence-corrected chi connectivity index (χ1v) is 8.38. The topological polar surface area (TPSA) is 93.8 Å². The number of hydrogen-bond acceptors (Lipinski definition) is 8. The van der Waals surface area contributed by atoms with Crippen molar-refractivity contribution in [2.24, 2.45) is 15.3 Å². The lowest BCUT2D eigenvalue weighted by Crippen LogP contribution is -2.43. The van der Waals surface area contributed by atoms with Gasteiger partial charge in [0.25, 0.3) is 0 Å². The Morgan fingerprint density at radius 3 is 2.69 bits per heavy atom. The lowest BCUT2D eigenvalue weighted by atomic mass is 10.1. The summed E-state index contributed by atoms with van der Waals surface area (Å²) in [6.45, 7) is 0.796. The molecule has 0 aliphatic carbocycles. The highest BCUT2D eigenvalue weighted by molar-refractivity contribution is 6.00. The van der Waals surface area contributed by atoms with E-state index in [9.17, 15) is 9.59 Å². The van der Waals surface area contributed by atoms with Crippen molar-refractivity contribution in [3.05, 3.63) is 54.1 Å². The largest absolute Gasteiger partial charge is 0.274 e. The maximum atomic E-state index is 12.2. The Hall–Kier alpha value is -3.36. The molecule has 0 aromatic carbocycles. The third-order valence-electron chi connectivity index (χ3n) is 4.16. The average molecular weight is 351 g/mol. The molecule has 9 nitrogen and oxygen atoms in total. The van der Waals surface area contributed by atoms with Crippen LogP contribution in [0, 0.1) is 0 Å². The number of pyridine rings is 1. The molecule has 1 aromatic rings. The van der Waals surface area contributed by atoms with Gasteiger partial charge >= 0.3 is 0 Å². The SMILES string of the molecule is O=C1CCCC(=O)N1C1=CN(N2CN=NC(c3ccccn3)=N2)CC=C1. The number of allylic oxidation sites excluding steroid dienone is 1. The second-order valence-electron chi connectivity index (χ2n) is 5.95. The number of rotatable bonds is 3. The van der Waals surface area contributed by atoms with Gasteiger partial charge in [-0.15, -0.1) is 10.2 Å². The van der Waals surface area contributed by atoms with Gasteiger partial charge in [0.15, 0.2) is 6.67 Å². The lowest BCUT2D eigenvalue weighted by Gasteiger charge is -2.35. The summed E-state index contributed by atoms with van der Waals surface area (Å²) in [6, 6.07) is 5.48. The number of imide groups is 1. The highest BCUT2D eigenvalue weighted by atomic mass is 16.2. The molecule has 26 heavy (non-hydrogen) atoms. The minimum atomic E-state index is -0.171. The molecular formula is C17H17N7O2. The van der Waals surface area contributed by atoms with Gasteiger partial charge in [-0.3, -0.25) is 19.6 Å². The van der Waals surface area contributed by atoms with Crippen LogP contribution < -0.4 is 0 Å². The number of likely N-dealkylation sites (tertiary alicyclic amines) is 1. The van der Waals surface area contributed by atoms with Crippen LogP contribution in [-0.2, 0) is 9.59 Å². The van der Waals surface area contributed by atoms with Gasteiger partial charge in [0, 0.05) is 25.2 Å². The molecule has 0 bridgehead atoms. The van der Waals surface area contributed by atoms with E-state index in [1.54, 1.807) is 28.6 Å². The van der Waals surface area contributed by atoms with E-state index in [-0.39, 0.29) is 18.5 Å². The molecule has 4 rings (SSSR count). The van der Waals surface area contributed by atoms with Crippen LogP contribution >= 0.6 is 0 Å². The first-order chi connectivity index (χ1) is 12.7. The van der Waals surface area contributed by atoms with Crippen LogP contribution in [0.25, 0.3) is 0 Å². The van der Waals surface area contributed by atoms with E-state index < -0.39 is 0 Å². The molecule has 0 saturated carbocycles. The quantitative estimate of drug-likeness (QED) is 0.772. The van der Waals surface area contributed by atoms with E-state index >= 15 is 0 Å². The summed E-state index contributed by atoms with van der Waals surface area (Å²) in [4.78, 5) is 29.8. The number of azo groups is 1.